The molecule has 1 aliphatic heterocycles. The molecule has 5 heteroatoms. The van der Waals surface area contributed by atoms with E-state index in [1.54, 1.807) is 0 Å². The topological polar surface area (TPSA) is 58.6 Å². The molecule has 4 nitrogen and oxygen atoms in total. The molecule has 1 heterocycles. The van der Waals surface area contributed by atoms with Gasteiger partial charge in [-0.2, -0.15) is 0 Å². The van der Waals surface area contributed by atoms with Crippen LogP contribution in [0.15, 0.2) is 0 Å². The normalized spacial score (nSPS) is 24.9. The van der Waals surface area contributed by atoms with Gasteiger partial charge in [0.15, 0.2) is 0 Å². The molecule has 66 valence electrons. The smallest absolute Gasteiger partial charge is 0.320 e. The van der Waals surface area contributed by atoms with E-state index < -0.39 is 12.0 Å². The zero-order chi connectivity index (χ0) is 7.40. The second kappa shape index (κ2) is 5.35. The molecule has 0 unspecified atom stereocenters. The molecule has 0 bridgehead atoms. The molecule has 0 spiro atoms. The Morgan fingerprint density at radius 2 is 2.27 bits per heavy atom. The van der Waals surface area contributed by atoms with Crippen molar-refractivity contribution in [2.75, 3.05) is 19.8 Å². The molecule has 1 atom stereocenters. The van der Waals surface area contributed by atoms with Crippen molar-refractivity contribution in [2.24, 2.45) is 0 Å². The highest BCUT2D eigenvalue weighted by Crippen LogP contribution is 1.96. The van der Waals surface area contributed by atoms with Crippen LogP contribution in [0.5, 0.6) is 0 Å². The summed E-state index contributed by atoms with van der Waals surface area (Å²) in [6, 6.07) is -0.414. The van der Waals surface area contributed by atoms with Gasteiger partial charge in [-0.15, -0.1) is 12.4 Å². The van der Waals surface area contributed by atoms with Gasteiger partial charge in [-0.05, 0) is 6.42 Å². The molecule has 1 rings (SSSR count). The van der Waals surface area contributed by atoms with Crippen LogP contribution in [0.1, 0.15) is 6.42 Å². The lowest BCUT2D eigenvalue weighted by Gasteiger charge is -2.07. The molecule has 0 saturated carbocycles. The summed E-state index contributed by atoms with van der Waals surface area (Å²) in [6.45, 7) is 1.80. The van der Waals surface area contributed by atoms with E-state index in [1.807, 2.05) is 0 Å². The van der Waals surface area contributed by atoms with E-state index >= 15 is 0 Å². The number of carbonyl (C=O) groups is 1. The van der Waals surface area contributed by atoms with Crippen LogP contribution < -0.4 is 5.32 Å². The molecule has 2 N–H and O–H groups in total. The van der Waals surface area contributed by atoms with E-state index in [0.29, 0.717) is 26.2 Å². The Labute approximate surface area is 71.3 Å². The molecule has 1 aliphatic rings. The Kier molecular flexibility index (Phi) is 5.19. The number of hydrogen-bond acceptors (Lipinski definition) is 3. The van der Waals surface area contributed by atoms with E-state index in [2.05, 4.69) is 5.32 Å². The van der Waals surface area contributed by atoms with Gasteiger partial charge in [0.1, 0.15) is 6.04 Å². The average Bonchev–Trinajstić information content (AvgIpc) is 2.12. The fourth-order valence-electron chi connectivity index (χ4n) is 0.921. The number of rotatable bonds is 1. The highest BCUT2D eigenvalue weighted by atomic mass is 35.5. The lowest BCUT2D eigenvalue weighted by atomic mass is 10.2. The van der Waals surface area contributed by atoms with Crippen LogP contribution in [0.3, 0.4) is 0 Å². The first-order valence-electron chi connectivity index (χ1n) is 3.34. The van der Waals surface area contributed by atoms with Gasteiger partial charge >= 0.3 is 5.97 Å². The quantitative estimate of drug-likeness (QED) is 0.592. The minimum Gasteiger partial charge on any atom is -0.480 e. The summed E-state index contributed by atoms with van der Waals surface area (Å²) in [4.78, 5) is 10.4. The summed E-state index contributed by atoms with van der Waals surface area (Å²) in [6.07, 6.45) is 0.565. The standard InChI is InChI=1S/C6H11NO3.ClH/c8-6(9)5-1-3-10-4-2-7-5;/h5,7H,1-4H2,(H,8,9);1H/t5-;/m1./s1. The first-order chi connectivity index (χ1) is 4.80. The third-order valence-corrected chi connectivity index (χ3v) is 1.49. The molecule has 1 saturated heterocycles. The Balaban J connectivity index is 0.000001000. The summed E-state index contributed by atoms with van der Waals surface area (Å²) in [5.41, 5.74) is 0. The van der Waals surface area contributed by atoms with Crippen molar-refractivity contribution in [1.82, 2.24) is 5.32 Å². The highest BCUT2D eigenvalue weighted by Gasteiger charge is 2.17. The highest BCUT2D eigenvalue weighted by molar-refractivity contribution is 5.85. The van der Waals surface area contributed by atoms with Crippen LogP contribution in [0, 0.1) is 0 Å². The van der Waals surface area contributed by atoms with Gasteiger partial charge in [0, 0.05) is 13.2 Å². The second-order valence-electron chi connectivity index (χ2n) is 2.25. The van der Waals surface area contributed by atoms with Crippen molar-refractivity contribution < 1.29 is 14.6 Å². The Bertz CT molecular complexity index is 123. The maximum atomic E-state index is 10.4. The lowest BCUT2D eigenvalue weighted by Crippen LogP contribution is -2.36. The van der Waals surface area contributed by atoms with Gasteiger partial charge in [-0.25, -0.2) is 0 Å². The van der Waals surface area contributed by atoms with E-state index in [4.69, 9.17) is 9.84 Å². The SMILES string of the molecule is Cl.O=C(O)[C@H]1CCOCCN1. The van der Waals surface area contributed by atoms with Crippen molar-refractivity contribution in [3.8, 4) is 0 Å². The summed E-state index contributed by atoms with van der Waals surface area (Å²) in [5, 5.41) is 11.4. The monoisotopic (exact) mass is 181 g/mol. The molecule has 0 aromatic heterocycles. The predicted octanol–water partition coefficient (Wildman–Crippen LogP) is -0.129. The molecule has 0 amide bonds. The summed E-state index contributed by atoms with van der Waals surface area (Å²) in [5.74, 6) is -0.787. The first kappa shape index (κ1) is 10.7. The minimum atomic E-state index is -0.787. The Hall–Kier alpha value is -0.320. The number of halogens is 1. The van der Waals surface area contributed by atoms with Gasteiger partial charge in [-0.3, -0.25) is 4.79 Å². The molecule has 0 aromatic rings. The second-order valence-corrected chi connectivity index (χ2v) is 2.25. The molecule has 11 heavy (non-hydrogen) atoms. The molecular weight excluding hydrogens is 170 g/mol. The van der Waals surface area contributed by atoms with Crippen molar-refractivity contribution in [3.05, 3.63) is 0 Å². The Morgan fingerprint density at radius 3 is 2.91 bits per heavy atom. The Morgan fingerprint density at radius 1 is 1.55 bits per heavy atom. The third kappa shape index (κ3) is 3.55. The van der Waals surface area contributed by atoms with Gasteiger partial charge in [0.2, 0.25) is 0 Å². The van der Waals surface area contributed by atoms with Crippen LogP contribution in [0.25, 0.3) is 0 Å². The molecule has 0 radical (unpaired) electrons. The zero-order valence-corrected chi connectivity index (χ0v) is 6.89. The summed E-state index contributed by atoms with van der Waals surface area (Å²) in [7, 11) is 0. The predicted molar refractivity (Wildman–Crippen MR) is 42.1 cm³/mol. The van der Waals surface area contributed by atoms with E-state index in [1.165, 1.54) is 0 Å². The minimum absolute atomic E-state index is 0. The summed E-state index contributed by atoms with van der Waals surface area (Å²) >= 11 is 0. The third-order valence-electron chi connectivity index (χ3n) is 1.49. The fraction of sp³-hybridized carbons (Fsp3) is 0.833. The lowest BCUT2D eigenvalue weighted by molar-refractivity contribution is -0.139. The van der Waals surface area contributed by atoms with E-state index in [0.717, 1.165) is 0 Å². The van der Waals surface area contributed by atoms with Gasteiger partial charge in [-0.1, -0.05) is 0 Å². The number of hydrogen-bond donors (Lipinski definition) is 2. The zero-order valence-electron chi connectivity index (χ0n) is 6.08. The summed E-state index contributed by atoms with van der Waals surface area (Å²) < 4.78 is 5.05. The largest absolute Gasteiger partial charge is 0.480 e. The molecular formula is C6H12ClNO3. The van der Waals surface area contributed by atoms with Gasteiger partial charge in [0.05, 0.1) is 6.61 Å². The van der Waals surface area contributed by atoms with Crippen LogP contribution in [-0.2, 0) is 9.53 Å². The van der Waals surface area contributed by atoms with Crippen molar-refractivity contribution >= 4 is 18.4 Å². The van der Waals surface area contributed by atoms with Gasteiger partial charge in [0.25, 0.3) is 0 Å². The van der Waals surface area contributed by atoms with Crippen LogP contribution >= 0.6 is 12.4 Å². The van der Waals surface area contributed by atoms with Crippen molar-refractivity contribution in [3.63, 3.8) is 0 Å². The van der Waals surface area contributed by atoms with Crippen molar-refractivity contribution in [1.29, 1.82) is 0 Å². The van der Waals surface area contributed by atoms with Crippen LogP contribution in [-0.4, -0.2) is 36.9 Å². The number of carboxylic acids is 1. The van der Waals surface area contributed by atoms with Crippen LogP contribution in [0.2, 0.25) is 0 Å². The van der Waals surface area contributed by atoms with Crippen LogP contribution in [0.4, 0.5) is 0 Å². The molecule has 1 fully saturated rings. The maximum Gasteiger partial charge on any atom is 0.320 e. The maximum absolute atomic E-state index is 10.4. The van der Waals surface area contributed by atoms with Gasteiger partial charge < -0.3 is 15.2 Å². The molecule has 0 aromatic carbocycles. The first-order valence-corrected chi connectivity index (χ1v) is 3.34. The van der Waals surface area contributed by atoms with Crippen molar-refractivity contribution in [2.45, 2.75) is 12.5 Å². The number of aliphatic carboxylic acids is 1. The molecule has 0 aliphatic carbocycles. The average molecular weight is 182 g/mol. The number of carboxylic acid groups (broad SMARTS) is 1. The number of ether oxygens (including phenoxy) is 1. The van der Waals surface area contributed by atoms with E-state index in [9.17, 15) is 4.79 Å². The fourth-order valence-corrected chi connectivity index (χ4v) is 0.921. The van der Waals surface area contributed by atoms with E-state index in [-0.39, 0.29) is 12.4 Å². The number of nitrogens with one attached hydrogen (secondary N) is 1.